The number of fused-ring (bicyclic) bond motifs is 1. The molecule has 7 nitrogen and oxygen atoms in total. The van der Waals surface area contributed by atoms with E-state index in [4.69, 9.17) is 0 Å². The minimum atomic E-state index is -0.677. The van der Waals surface area contributed by atoms with Gasteiger partial charge in [0.2, 0.25) is 0 Å². The fraction of sp³-hybridized carbons (Fsp3) is 0.381. The molecule has 1 fully saturated rings. The molecule has 1 atom stereocenters. The lowest BCUT2D eigenvalue weighted by Crippen LogP contribution is -2.37. The van der Waals surface area contributed by atoms with E-state index < -0.39 is 11.1 Å². The monoisotopic (exact) mass is 412 g/mol. The molecule has 8 heteroatoms. The van der Waals surface area contributed by atoms with E-state index >= 15 is 0 Å². The average molecular weight is 413 g/mol. The Morgan fingerprint density at radius 3 is 2.72 bits per heavy atom. The topological polar surface area (TPSA) is 87.2 Å². The molecule has 0 saturated carbocycles. The van der Waals surface area contributed by atoms with E-state index in [0.717, 1.165) is 13.1 Å². The predicted molar refractivity (Wildman–Crippen MR) is 115 cm³/mol. The molecule has 0 bridgehead atoms. The SMILES string of the molecule is CCn1c(=O)c(=O)[nH]c2cc(C(=O)NC[C@H](c3cccs3)N3CCCC3)ccc21. The van der Waals surface area contributed by atoms with Crippen LogP contribution >= 0.6 is 11.3 Å². The van der Waals surface area contributed by atoms with E-state index in [1.165, 1.54) is 22.3 Å². The maximum absolute atomic E-state index is 12.8. The third-order valence-electron chi connectivity index (χ3n) is 5.46. The largest absolute Gasteiger partial charge is 0.350 e. The van der Waals surface area contributed by atoms with Crippen LogP contribution in [-0.2, 0) is 6.54 Å². The van der Waals surface area contributed by atoms with Crippen molar-refractivity contribution in [2.24, 2.45) is 0 Å². The van der Waals surface area contributed by atoms with Crippen LogP contribution in [0.3, 0.4) is 0 Å². The molecule has 3 heterocycles. The summed E-state index contributed by atoms with van der Waals surface area (Å²) in [7, 11) is 0. The number of amides is 1. The minimum absolute atomic E-state index is 0.173. The Kier molecular flexibility index (Phi) is 5.64. The van der Waals surface area contributed by atoms with Gasteiger partial charge in [0.15, 0.2) is 0 Å². The Morgan fingerprint density at radius 2 is 2.03 bits per heavy atom. The number of likely N-dealkylation sites (tertiary alicyclic amines) is 1. The summed E-state index contributed by atoms with van der Waals surface area (Å²) in [6.45, 7) is 4.82. The number of aryl methyl sites for hydroxylation is 1. The number of nitrogens with zero attached hydrogens (tertiary/aromatic N) is 2. The number of carbonyl (C=O) groups excluding carboxylic acids is 1. The van der Waals surface area contributed by atoms with Crippen LogP contribution in [0.4, 0.5) is 0 Å². The maximum atomic E-state index is 12.8. The number of hydrogen-bond acceptors (Lipinski definition) is 5. The van der Waals surface area contributed by atoms with Gasteiger partial charge >= 0.3 is 11.1 Å². The van der Waals surface area contributed by atoms with Crippen molar-refractivity contribution in [2.75, 3.05) is 19.6 Å². The molecule has 1 saturated heterocycles. The summed E-state index contributed by atoms with van der Waals surface area (Å²) in [6.07, 6.45) is 2.37. The highest BCUT2D eigenvalue weighted by Gasteiger charge is 2.25. The van der Waals surface area contributed by atoms with Crippen molar-refractivity contribution < 1.29 is 4.79 Å². The number of aromatic amines is 1. The van der Waals surface area contributed by atoms with Gasteiger partial charge in [0.1, 0.15) is 0 Å². The number of thiophene rings is 1. The second kappa shape index (κ2) is 8.34. The lowest BCUT2D eigenvalue weighted by atomic mass is 10.1. The highest BCUT2D eigenvalue weighted by Crippen LogP contribution is 2.28. The van der Waals surface area contributed by atoms with Crippen LogP contribution in [0.15, 0.2) is 45.3 Å². The quantitative estimate of drug-likeness (QED) is 0.609. The zero-order valence-corrected chi connectivity index (χ0v) is 17.1. The fourth-order valence-corrected chi connectivity index (χ4v) is 4.83. The molecule has 0 spiro atoms. The summed E-state index contributed by atoms with van der Waals surface area (Å²) in [5, 5.41) is 5.11. The van der Waals surface area contributed by atoms with Gasteiger partial charge in [-0.2, -0.15) is 0 Å². The molecule has 1 amide bonds. The third-order valence-corrected chi connectivity index (χ3v) is 6.44. The van der Waals surface area contributed by atoms with Gasteiger partial charge in [0.05, 0.1) is 17.1 Å². The molecule has 2 N–H and O–H groups in total. The molecule has 1 aromatic carbocycles. The Labute approximate surface area is 172 Å². The molecule has 29 heavy (non-hydrogen) atoms. The summed E-state index contributed by atoms with van der Waals surface area (Å²) in [6, 6.07) is 9.36. The molecule has 0 radical (unpaired) electrons. The van der Waals surface area contributed by atoms with E-state index in [1.807, 2.05) is 13.0 Å². The normalized spacial score (nSPS) is 15.6. The summed E-state index contributed by atoms with van der Waals surface area (Å²) < 4.78 is 1.41. The van der Waals surface area contributed by atoms with E-state index in [-0.39, 0.29) is 11.9 Å². The number of nitrogens with one attached hydrogen (secondary N) is 2. The predicted octanol–water partition coefficient (Wildman–Crippen LogP) is 2.34. The van der Waals surface area contributed by atoms with Crippen molar-refractivity contribution in [3.63, 3.8) is 0 Å². The summed E-state index contributed by atoms with van der Waals surface area (Å²) in [5.74, 6) is -0.192. The maximum Gasteiger partial charge on any atom is 0.316 e. The Morgan fingerprint density at radius 1 is 1.24 bits per heavy atom. The van der Waals surface area contributed by atoms with Gasteiger partial charge in [0, 0.05) is 23.5 Å². The van der Waals surface area contributed by atoms with E-state index in [9.17, 15) is 14.4 Å². The summed E-state index contributed by atoms with van der Waals surface area (Å²) >= 11 is 1.71. The number of aromatic nitrogens is 2. The van der Waals surface area contributed by atoms with Gasteiger partial charge in [0.25, 0.3) is 5.91 Å². The molecule has 2 aromatic heterocycles. The molecule has 1 aliphatic rings. The molecule has 0 unspecified atom stereocenters. The van der Waals surface area contributed by atoms with Crippen molar-refractivity contribution in [1.29, 1.82) is 0 Å². The highest BCUT2D eigenvalue weighted by molar-refractivity contribution is 7.10. The molecule has 4 rings (SSSR count). The summed E-state index contributed by atoms with van der Waals surface area (Å²) in [4.78, 5) is 42.9. The van der Waals surface area contributed by atoms with Gasteiger partial charge in [-0.1, -0.05) is 6.07 Å². The zero-order valence-electron chi connectivity index (χ0n) is 16.3. The second-order valence-corrected chi connectivity index (χ2v) is 8.20. The highest BCUT2D eigenvalue weighted by atomic mass is 32.1. The smallest absolute Gasteiger partial charge is 0.316 e. The van der Waals surface area contributed by atoms with Crippen LogP contribution in [0.25, 0.3) is 11.0 Å². The Bertz CT molecular complexity index is 1130. The van der Waals surface area contributed by atoms with Crippen LogP contribution in [-0.4, -0.2) is 40.0 Å². The lowest BCUT2D eigenvalue weighted by Gasteiger charge is -2.27. The molecule has 152 valence electrons. The van der Waals surface area contributed by atoms with Crippen molar-refractivity contribution in [3.05, 3.63) is 66.9 Å². The van der Waals surface area contributed by atoms with Crippen LogP contribution in [0.1, 0.15) is 41.0 Å². The Hall–Kier alpha value is -2.71. The van der Waals surface area contributed by atoms with E-state index in [0.29, 0.717) is 29.7 Å². The van der Waals surface area contributed by atoms with E-state index in [1.54, 1.807) is 29.5 Å². The Balaban J connectivity index is 1.56. The first kappa shape index (κ1) is 19.6. The first-order valence-corrected chi connectivity index (χ1v) is 10.8. The molecule has 3 aromatic rings. The average Bonchev–Trinajstić information content (AvgIpc) is 3.43. The first-order chi connectivity index (χ1) is 14.1. The van der Waals surface area contributed by atoms with Crippen molar-refractivity contribution in [1.82, 2.24) is 19.8 Å². The number of carbonyl (C=O) groups is 1. The standard InChI is InChI=1S/C21H24N4O3S/c1-2-25-16-8-7-14(12-15(16)23-20(27)21(25)28)19(26)22-13-17(18-6-5-11-29-18)24-9-3-4-10-24/h5-8,11-12,17H,2-4,9-10,13H2,1H3,(H,22,26)(H,23,27)/t17-/m1/s1. The van der Waals surface area contributed by atoms with Crippen LogP contribution in [0.2, 0.25) is 0 Å². The number of hydrogen-bond donors (Lipinski definition) is 2. The van der Waals surface area contributed by atoms with E-state index in [2.05, 4.69) is 26.6 Å². The third kappa shape index (κ3) is 3.90. The van der Waals surface area contributed by atoms with Crippen molar-refractivity contribution in [2.45, 2.75) is 32.4 Å². The van der Waals surface area contributed by atoms with Gasteiger partial charge in [-0.05, 0) is 62.5 Å². The molecular weight excluding hydrogens is 388 g/mol. The van der Waals surface area contributed by atoms with Crippen LogP contribution in [0.5, 0.6) is 0 Å². The van der Waals surface area contributed by atoms with Gasteiger partial charge in [-0.25, -0.2) is 0 Å². The van der Waals surface area contributed by atoms with Crippen LogP contribution in [0, 0.1) is 0 Å². The molecular formula is C21H24N4O3S. The van der Waals surface area contributed by atoms with Crippen molar-refractivity contribution in [3.8, 4) is 0 Å². The number of rotatable bonds is 6. The number of benzene rings is 1. The number of H-pyrrole nitrogens is 1. The fourth-order valence-electron chi connectivity index (χ4n) is 3.97. The summed E-state index contributed by atoms with van der Waals surface area (Å²) in [5.41, 5.74) is 0.298. The minimum Gasteiger partial charge on any atom is -0.350 e. The van der Waals surface area contributed by atoms with Crippen molar-refractivity contribution >= 4 is 28.3 Å². The van der Waals surface area contributed by atoms with Gasteiger partial charge in [-0.3, -0.25) is 19.3 Å². The zero-order chi connectivity index (χ0) is 20.4. The van der Waals surface area contributed by atoms with Crippen LogP contribution < -0.4 is 16.4 Å². The molecule has 0 aliphatic carbocycles. The lowest BCUT2D eigenvalue weighted by molar-refractivity contribution is 0.0938. The first-order valence-electron chi connectivity index (χ1n) is 9.91. The second-order valence-electron chi connectivity index (χ2n) is 7.22. The molecule has 1 aliphatic heterocycles. The van der Waals surface area contributed by atoms with Gasteiger partial charge in [-0.15, -0.1) is 11.3 Å². The van der Waals surface area contributed by atoms with Gasteiger partial charge < -0.3 is 14.9 Å².